The van der Waals surface area contributed by atoms with Crippen molar-refractivity contribution in [3.05, 3.63) is 0 Å². The monoisotopic (exact) mass is 268 g/mol. The van der Waals surface area contributed by atoms with Crippen molar-refractivity contribution in [2.75, 3.05) is 32.7 Å². The maximum Gasteiger partial charge on any atom is 0.240 e. The number of amides is 3. The van der Waals surface area contributed by atoms with Gasteiger partial charge in [-0.15, -0.1) is 0 Å². The minimum Gasteiger partial charge on any atom is -0.354 e. The van der Waals surface area contributed by atoms with Gasteiger partial charge in [-0.25, -0.2) is 0 Å². The van der Waals surface area contributed by atoms with E-state index < -0.39 is 0 Å². The number of imide groups is 1. The smallest absolute Gasteiger partial charge is 0.240 e. The lowest BCUT2D eigenvalue weighted by Gasteiger charge is -2.40. The molecule has 0 aromatic carbocycles. The fourth-order valence-electron chi connectivity index (χ4n) is 2.56. The molecule has 0 aromatic heterocycles. The number of nitrogens with zero attached hydrogens (tertiary/aromatic N) is 2. The Morgan fingerprint density at radius 2 is 1.42 bits per heavy atom. The number of carbonyl (C=O) groups excluding carboxylic acids is 3. The van der Waals surface area contributed by atoms with E-state index in [0.29, 0.717) is 13.1 Å². The second-order valence-electron chi connectivity index (χ2n) is 5.18. The van der Waals surface area contributed by atoms with Crippen molar-refractivity contribution in [1.29, 1.82) is 0 Å². The van der Waals surface area contributed by atoms with E-state index in [2.05, 4.69) is 15.5 Å². The second kappa shape index (κ2) is 5.66. The summed E-state index contributed by atoms with van der Waals surface area (Å²) in [5.74, 6) is -0.490. The molecule has 0 spiro atoms. The third-order valence-corrected chi connectivity index (χ3v) is 3.89. The van der Waals surface area contributed by atoms with Crippen molar-refractivity contribution < 1.29 is 14.4 Å². The van der Waals surface area contributed by atoms with E-state index in [0.717, 1.165) is 6.54 Å². The summed E-state index contributed by atoms with van der Waals surface area (Å²) in [6.07, 6.45) is 0. The van der Waals surface area contributed by atoms with Gasteiger partial charge in [0, 0.05) is 25.2 Å². The van der Waals surface area contributed by atoms with Crippen LogP contribution in [0.1, 0.15) is 13.8 Å². The maximum atomic E-state index is 11.4. The van der Waals surface area contributed by atoms with Crippen LogP contribution >= 0.6 is 0 Å². The minimum atomic E-state index is -0.258. The van der Waals surface area contributed by atoms with Gasteiger partial charge in [-0.2, -0.15) is 0 Å². The average Bonchev–Trinajstić information content (AvgIpc) is 2.36. The van der Waals surface area contributed by atoms with Gasteiger partial charge in [0.1, 0.15) is 0 Å². The zero-order valence-electron chi connectivity index (χ0n) is 11.3. The van der Waals surface area contributed by atoms with E-state index in [1.165, 1.54) is 0 Å². The summed E-state index contributed by atoms with van der Waals surface area (Å²) in [5.41, 5.74) is 0. The normalized spacial score (nSPS) is 25.7. The van der Waals surface area contributed by atoms with E-state index in [1.807, 2.05) is 18.7 Å². The molecule has 2 aliphatic heterocycles. The second-order valence-corrected chi connectivity index (χ2v) is 5.18. The van der Waals surface area contributed by atoms with Crippen LogP contribution in [0.2, 0.25) is 0 Å². The molecule has 106 valence electrons. The molecule has 2 N–H and O–H groups in total. The van der Waals surface area contributed by atoms with Crippen molar-refractivity contribution in [2.45, 2.75) is 25.9 Å². The van der Waals surface area contributed by atoms with Crippen LogP contribution in [0.4, 0.5) is 0 Å². The van der Waals surface area contributed by atoms with Crippen LogP contribution < -0.4 is 10.6 Å². The molecule has 2 unspecified atom stereocenters. The molecule has 2 saturated heterocycles. The van der Waals surface area contributed by atoms with Crippen LogP contribution in [0.5, 0.6) is 0 Å². The first-order valence-corrected chi connectivity index (χ1v) is 6.55. The minimum absolute atomic E-state index is 0.0257. The van der Waals surface area contributed by atoms with Crippen molar-refractivity contribution in [3.8, 4) is 0 Å². The predicted octanol–water partition coefficient (Wildman–Crippen LogP) is -1.85. The summed E-state index contributed by atoms with van der Waals surface area (Å²) in [4.78, 5) is 38.1. The molecule has 2 fully saturated rings. The average molecular weight is 268 g/mol. The summed E-state index contributed by atoms with van der Waals surface area (Å²) in [6, 6.07) is 0.158. The van der Waals surface area contributed by atoms with E-state index in [-0.39, 0.29) is 42.9 Å². The van der Waals surface area contributed by atoms with Crippen LogP contribution in [-0.2, 0) is 14.4 Å². The first-order chi connectivity index (χ1) is 8.97. The highest BCUT2D eigenvalue weighted by Gasteiger charge is 2.32. The Morgan fingerprint density at radius 3 is 2.00 bits per heavy atom. The summed E-state index contributed by atoms with van der Waals surface area (Å²) in [5, 5.41) is 5.08. The van der Waals surface area contributed by atoms with E-state index in [9.17, 15) is 14.4 Å². The zero-order valence-corrected chi connectivity index (χ0v) is 11.3. The molecule has 2 aliphatic rings. The van der Waals surface area contributed by atoms with Gasteiger partial charge in [0.15, 0.2) is 0 Å². The lowest BCUT2D eigenvalue weighted by molar-refractivity contribution is -0.138. The molecule has 0 radical (unpaired) electrons. The van der Waals surface area contributed by atoms with Gasteiger partial charge >= 0.3 is 0 Å². The molecule has 3 amide bonds. The van der Waals surface area contributed by atoms with Gasteiger partial charge in [-0.1, -0.05) is 0 Å². The number of carbonyl (C=O) groups is 3. The van der Waals surface area contributed by atoms with Crippen LogP contribution in [-0.4, -0.2) is 72.3 Å². The summed E-state index contributed by atoms with van der Waals surface area (Å²) >= 11 is 0. The van der Waals surface area contributed by atoms with Crippen molar-refractivity contribution >= 4 is 17.7 Å². The maximum absolute atomic E-state index is 11.4. The van der Waals surface area contributed by atoms with E-state index in [4.69, 9.17) is 0 Å². The molecule has 2 rings (SSSR count). The first-order valence-electron chi connectivity index (χ1n) is 6.55. The van der Waals surface area contributed by atoms with Crippen molar-refractivity contribution in [1.82, 2.24) is 20.4 Å². The number of hydrogen-bond acceptors (Lipinski definition) is 5. The predicted molar refractivity (Wildman–Crippen MR) is 68.2 cm³/mol. The zero-order chi connectivity index (χ0) is 14.0. The Hall–Kier alpha value is -1.47. The Balaban J connectivity index is 1.97. The standard InChI is InChI=1S/C12H20N4O3/c1-8(15-4-3-13-10(17)5-15)9(2)16-6-11(18)14-12(19)7-16/h8-9H,3-7H2,1-2H3,(H,13,17)(H,14,18,19). The molecule has 7 nitrogen and oxygen atoms in total. The van der Waals surface area contributed by atoms with Gasteiger partial charge in [-0.3, -0.25) is 29.5 Å². The molecular weight excluding hydrogens is 248 g/mol. The lowest BCUT2D eigenvalue weighted by atomic mass is 10.1. The Labute approximate surface area is 112 Å². The molecule has 0 saturated carbocycles. The Morgan fingerprint density at radius 1 is 0.895 bits per heavy atom. The van der Waals surface area contributed by atoms with Gasteiger partial charge in [0.05, 0.1) is 19.6 Å². The molecule has 0 aromatic rings. The van der Waals surface area contributed by atoms with Gasteiger partial charge in [0.25, 0.3) is 0 Å². The number of nitrogens with one attached hydrogen (secondary N) is 2. The molecular formula is C12H20N4O3. The quantitative estimate of drug-likeness (QED) is 0.588. The number of hydrogen-bond donors (Lipinski definition) is 2. The van der Waals surface area contributed by atoms with Crippen LogP contribution in [0.25, 0.3) is 0 Å². The Bertz CT molecular complexity index is 382. The number of rotatable bonds is 3. The van der Waals surface area contributed by atoms with Crippen LogP contribution in [0.15, 0.2) is 0 Å². The molecule has 7 heteroatoms. The third-order valence-electron chi connectivity index (χ3n) is 3.89. The molecule has 2 atom stereocenters. The molecule has 0 bridgehead atoms. The van der Waals surface area contributed by atoms with Gasteiger partial charge in [0.2, 0.25) is 17.7 Å². The molecule has 0 aliphatic carbocycles. The van der Waals surface area contributed by atoms with Crippen LogP contribution in [0, 0.1) is 0 Å². The van der Waals surface area contributed by atoms with E-state index >= 15 is 0 Å². The fraction of sp³-hybridized carbons (Fsp3) is 0.750. The highest BCUT2D eigenvalue weighted by molar-refractivity contribution is 5.99. The summed E-state index contributed by atoms with van der Waals surface area (Å²) < 4.78 is 0. The first kappa shape index (κ1) is 14.0. The highest BCUT2D eigenvalue weighted by atomic mass is 16.2. The third kappa shape index (κ3) is 3.30. The topological polar surface area (TPSA) is 81.8 Å². The van der Waals surface area contributed by atoms with Gasteiger partial charge in [-0.05, 0) is 13.8 Å². The molecule has 2 heterocycles. The fourth-order valence-corrected chi connectivity index (χ4v) is 2.56. The lowest BCUT2D eigenvalue weighted by Crippen LogP contribution is -2.60. The summed E-state index contributed by atoms with van der Waals surface area (Å²) in [6.45, 7) is 6.30. The SMILES string of the molecule is CC(C(C)N1CC(=O)NC(=O)C1)N1CCNC(=O)C1. The van der Waals surface area contributed by atoms with Crippen molar-refractivity contribution in [3.63, 3.8) is 0 Å². The largest absolute Gasteiger partial charge is 0.354 e. The van der Waals surface area contributed by atoms with Crippen molar-refractivity contribution in [2.24, 2.45) is 0 Å². The molecule has 19 heavy (non-hydrogen) atoms. The highest BCUT2D eigenvalue weighted by Crippen LogP contribution is 2.13. The summed E-state index contributed by atoms with van der Waals surface area (Å²) in [7, 11) is 0. The van der Waals surface area contributed by atoms with Crippen LogP contribution in [0.3, 0.4) is 0 Å². The Kier molecular flexibility index (Phi) is 4.16. The van der Waals surface area contributed by atoms with Gasteiger partial charge < -0.3 is 5.32 Å². The van der Waals surface area contributed by atoms with E-state index in [1.54, 1.807) is 0 Å². The number of piperazine rings is 2.